The van der Waals surface area contributed by atoms with Gasteiger partial charge in [-0.05, 0) is 5.56 Å². The summed E-state index contributed by atoms with van der Waals surface area (Å²) in [4.78, 5) is 11.1. The van der Waals surface area contributed by atoms with Gasteiger partial charge in [0.05, 0.1) is 0 Å². The third-order valence-electron chi connectivity index (χ3n) is 2.24. The number of hydrogen-bond donors (Lipinski definition) is 2. The van der Waals surface area contributed by atoms with Gasteiger partial charge in [0.1, 0.15) is 5.56 Å². The number of nitrogens with two attached hydrogens (primary N) is 2. The Balaban J connectivity index is 2.32. The molecule has 5 heteroatoms. The van der Waals surface area contributed by atoms with Crippen molar-refractivity contribution < 1.29 is 9.32 Å². The first kappa shape index (κ1) is 10.2. The van der Waals surface area contributed by atoms with Crippen molar-refractivity contribution in [1.82, 2.24) is 5.16 Å². The summed E-state index contributed by atoms with van der Waals surface area (Å²) >= 11 is 0. The van der Waals surface area contributed by atoms with E-state index in [1.165, 1.54) is 0 Å². The Kier molecular flexibility index (Phi) is 2.59. The summed E-state index contributed by atoms with van der Waals surface area (Å²) in [5.41, 5.74) is 11.9. The van der Waals surface area contributed by atoms with Crippen molar-refractivity contribution in [2.45, 2.75) is 6.42 Å². The predicted molar refractivity (Wildman–Crippen MR) is 58.7 cm³/mol. The highest BCUT2D eigenvalue weighted by Crippen LogP contribution is 2.18. The molecule has 2 aromatic rings. The van der Waals surface area contributed by atoms with Crippen LogP contribution in [-0.4, -0.2) is 11.1 Å². The zero-order valence-electron chi connectivity index (χ0n) is 8.51. The molecule has 4 N–H and O–H groups in total. The van der Waals surface area contributed by atoms with Crippen LogP contribution in [0.25, 0.3) is 0 Å². The molecule has 2 rings (SSSR count). The van der Waals surface area contributed by atoms with Crippen LogP contribution in [0.15, 0.2) is 34.9 Å². The lowest BCUT2D eigenvalue weighted by Crippen LogP contribution is -2.14. The van der Waals surface area contributed by atoms with Gasteiger partial charge in [0.2, 0.25) is 0 Å². The number of nitrogens with zero attached hydrogens (tertiary/aromatic N) is 1. The van der Waals surface area contributed by atoms with Crippen LogP contribution < -0.4 is 11.5 Å². The minimum absolute atomic E-state index is 0.0402. The largest absolute Gasteiger partial charge is 0.380 e. The van der Waals surface area contributed by atoms with E-state index in [2.05, 4.69) is 5.16 Å². The molecule has 0 saturated carbocycles. The minimum Gasteiger partial charge on any atom is -0.380 e. The molecule has 0 radical (unpaired) electrons. The van der Waals surface area contributed by atoms with Gasteiger partial charge < -0.3 is 16.0 Å². The fourth-order valence-corrected chi connectivity index (χ4v) is 1.50. The maximum Gasteiger partial charge on any atom is 0.256 e. The molecular weight excluding hydrogens is 206 g/mol. The van der Waals surface area contributed by atoms with Crippen LogP contribution in [0.2, 0.25) is 0 Å². The van der Waals surface area contributed by atoms with E-state index in [9.17, 15) is 4.79 Å². The summed E-state index contributed by atoms with van der Waals surface area (Å²) in [6.45, 7) is 0. The van der Waals surface area contributed by atoms with Crippen LogP contribution in [0.5, 0.6) is 0 Å². The molecule has 0 unspecified atom stereocenters. The van der Waals surface area contributed by atoms with Crippen molar-refractivity contribution in [1.29, 1.82) is 0 Å². The van der Waals surface area contributed by atoms with E-state index in [1.54, 1.807) is 0 Å². The number of nitrogen functional groups attached to an aromatic ring is 1. The second kappa shape index (κ2) is 4.06. The molecule has 1 heterocycles. The van der Waals surface area contributed by atoms with E-state index < -0.39 is 5.91 Å². The van der Waals surface area contributed by atoms with Crippen LogP contribution in [0.4, 0.5) is 5.82 Å². The lowest BCUT2D eigenvalue weighted by Gasteiger charge is -1.98. The molecule has 1 aromatic heterocycles. The molecular formula is C11H11N3O2. The van der Waals surface area contributed by atoms with E-state index in [-0.39, 0.29) is 11.4 Å². The molecule has 16 heavy (non-hydrogen) atoms. The molecule has 1 amide bonds. The van der Waals surface area contributed by atoms with Crippen molar-refractivity contribution in [3.8, 4) is 0 Å². The maximum atomic E-state index is 11.1. The van der Waals surface area contributed by atoms with Crippen LogP contribution >= 0.6 is 0 Å². The van der Waals surface area contributed by atoms with Gasteiger partial charge in [0, 0.05) is 6.42 Å². The number of rotatable bonds is 3. The number of aromatic nitrogens is 1. The van der Waals surface area contributed by atoms with Crippen molar-refractivity contribution in [3.05, 3.63) is 47.2 Å². The number of hydrogen-bond acceptors (Lipinski definition) is 4. The number of carbonyl (C=O) groups is 1. The van der Waals surface area contributed by atoms with Crippen molar-refractivity contribution in [2.24, 2.45) is 5.73 Å². The van der Waals surface area contributed by atoms with Crippen LogP contribution in [0, 0.1) is 0 Å². The molecule has 1 aromatic carbocycles. The molecule has 0 spiro atoms. The van der Waals surface area contributed by atoms with Crippen LogP contribution in [0.1, 0.15) is 21.7 Å². The molecule has 0 atom stereocenters. The second-order valence-corrected chi connectivity index (χ2v) is 3.39. The summed E-state index contributed by atoms with van der Waals surface area (Å²) in [5.74, 6) is -0.181. The lowest BCUT2D eigenvalue weighted by atomic mass is 10.1. The quantitative estimate of drug-likeness (QED) is 0.799. The van der Waals surface area contributed by atoms with E-state index in [0.29, 0.717) is 12.2 Å². The Morgan fingerprint density at radius 3 is 2.62 bits per heavy atom. The molecule has 82 valence electrons. The molecule has 0 bridgehead atoms. The van der Waals surface area contributed by atoms with Gasteiger partial charge >= 0.3 is 0 Å². The van der Waals surface area contributed by atoms with Gasteiger partial charge in [-0.15, -0.1) is 0 Å². The third kappa shape index (κ3) is 1.88. The summed E-state index contributed by atoms with van der Waals surface area (Å²) in [6, 6.07) is 9.55. The SMILES string of the molecule is NC(=O)c1c(N)noc1Cc1ccccc1. The zero-order valence-corrected chi connectivity index (χ0v) is 8.51. The van der Waals surface area contributed by atoms with Crippen molar-refractivity contribution in [3.63, 3.8) is 0 Å². The number of carbonyl (C=O) groups excluding carboxylic acids is 1. The summed E-state index contributed by atoms with van der Waals surface area (Å²) in [5, 5.41) is 3.54. The summed E-state index contributed by atoms with van der Waals surface area (Å²) < 4.78 is 4.98. The molecule has 0 fully saturated rings. The monoisotopic (exact) mass is 217 g/mol. The smallest absolute Gasteiger partial charge is 0.256 e. The van der Waals surface area contributed by atoms with Crippen molar-refractivity contribution >= 4 is 11.7 Å². The number of benzene rings is 1. The highest BCUT2D eigenvalue weighted by atomic mass is 16.5. The lowest BCUT2D eigenvalue weighted by molar-refractivity contribution is 0.0999. The Morgan fingerprint density at radius 2 is 2.00 bits per heavy atom. The number of primary amides is 1. The van der Waals surface area contributed by atoms with Crippen LogP contribution in [0.3, 0.4) is 0 Å². The van der Waals surface area contributed by atoms with Crippen LogP contribution in [-0.2, 0) is 6.42 Å². The fraction of sp³-hybridized carbons (Fsp3) is 0.0909. The van der Waals surface area contributed by atoms with Gasteiger partial charge in [-0.2, -0.15) is 0 Å². The van der Waals surface area contributed by atoms with Gasteiger partial charge in [-0.3, -0.25) is 4.79 Å². The second-order valence-electron chi connectivity index (χ2n) is 3.39. The topological polar surface area (TPSA) is 95.1 Å². The third-order valence-corrected chi connectivity index (χ3v) is 2.24. The predicted octanol–water partition coefficient (Wildman–Crippen LogP) is 0.946. The average Bonchev–Trinajstić information content (AvgIpc) is 2.61. The molecule has 5 nitrogen and oxygen atoms in total. The Bertz CT molecular complexity index is 505. The highest BCUT2D eigenvalue weighted by Gasteiger charge is 2.18. The highest BCUT2D eigenvalue weighted by molar-refractivity contribution is 5.98. The fourth-order valence-electron chi connectivity index (χ4n) is 1.50. The Hall–Kier alpha value is -2.30. The van der Waals surface area contributed by atoms with Gasteiger partial charge in [0.25, 0.3) is 5.91 Å². The summed E-state index contributed by atoms with van der Waals surface area (Å²) in [6.07, 6.45) is 0.448. The number of amides is 1. The first-order chi connectivity index (χ1) is 7.68. The van der Waals surface area contributed by atoms with E-state index in [1.807, 2.05) is 30.3 Å². The molecule has 0 aliphatic heterocycles. The maximum absolute atomic E-state index is 11.1. The minimum atomic E-state index is -0.621. The summed E-state index contributed by atoms with van der Waals surface area (Å²) in [7, 11) is 0. The Morgan fingerprint density at radius 1 is 1.31 bits per heavy atom. The van der Waals surface area contributed by atoms with Gasteiger partial charge in [-0.25, -0.2) is 0 Å². The first-order valence-electron chi connectivity index (χ1n) is 4.76. The van der Waals surface area contributed by atoms with Crippen molar-refractivity contribution in [2.75, 3.05) is 5.73 Å². The molecule has 0 aliphatic carbocycles. The number of anilines is 1. The van der Waals surface area contributed by atoms with E-state index in [4.69, 9.17) is 16.0 Å². The van der Waals surface area contributed by atoms with E-state index in [0.717, 1.165) is 5.56 Å². The van der Waals surface area contributed by atoms with Gasteiger partial charge in [0.15, 0.2) is 11.6 Å². The normalized spacial score (nSPS) is 10.2. The average molecular weight is 217 g/mol. The zero-order chi connectivity index (χ0) is 11.5. The first-order valence-corrected chi connectivity index (χ1v) is 4.76. The van der Waals surface area contributed by atoms with E-state index >= 15 is 0 Å². The molecule has 0 saturated heterocycles. The molecule has 0 aliphatic rings. The Labute approximate surface area is 92.0 Å². The van der Waals surface area contributed by atoms with Gasteiger partial charge in [-0.1, -0.05) is 35.5 Å². The standard InChI is InChI=1S/C11H11N3O2/c12-10-9(11(13)15)8(16-14-10)6-7-4-2-1-3-5-7/h1-5H,6H2,(H2,12,14)(H2,13,15).